The van der Waals surface area contributed by atoms with Crippen LogP contribution in [0.25, 0.3) is 0 Å². The summed E-state index contributed by atoms with van der Waals surface area (Å²) in [6.07, 6.45) is -4.35. The second-order valence-electron chi connectivity index (χ2n) is 6.06. The lowest BCUT2D eigenvalue weighted by Crippen LogP contribution is -2.27. The summed E-state index contributed by atoms with van der Waals surface area (Å²) in [5, 5.41) is 10.9. The first-order valence-electron chi connectivity index (χ1n) is 6.99. The van der Waals surface area contributed by atoms with Gasteiger partial charge in [0.05, 0.1) is 5.56 Å². The van der Waals surface area contributed by atoms with Gasteiger partial charge in [-0.2, -0.15) is 13.2 Å². The van der Waals surface area contributed by atoms with E-state index in [1.807, 2.05) is 0 Å². The third-order valence-electron chi connectivity index (χ3n) is 2.92. The first-order valence-corrected chi connectivity index (χ1v) is 8.80. The molecule has 0 saturated heterocycles. The van der Waals surface area contributed by atoms with Crippen molar-refractivity contribution in [3.63, 3.8) is 0 Å². The van der Waals surface area contributed by atoms with Gasteiger partial charge in [0, 0.05) is 11.2 Å². The molecule has 0 aliphatic rings. The number of nitrogens with one attached hydrogen (secondary N) is 1. The number of carbonyl (C=O) groups is 1. The number of hydrogen-bond acceptors (Lipinski definition) is 5. The van der Waals surface area contributed by atoms with Crippen molar-refractivity contribution in [1.29, 1.82) is 0 Å². The van der Waals surface area contributed by atoms with E-state index >= 15 is 0 Å². The van der Waals surface area contributed by atoms with E-state index in [2.05, 4.69) is 15.5 Å². The van der Waals surface area contributed by atoms with Crippen LogP contribution in [0.2, 0.25) is 0 Å². The van der Waals surface area contributed by atoms with E-state index < -0.39 is 17.2 Å². The van der Waals surface area contributed by atoms with Gasteiger partial charge >= 0.3 is 6.18 Å². The van der Waals surface area contributed by atoms with Crippen molar-refractivity contribution in [1.82, 2.24) is 10.2 Å². The molecular weight excluding hydrogens is 359 g/mol. The molecule has 0 aliphatic carbocycles. The molecule has 0 saturated carbocycles. The highest BCUT2D eigenvalue weighted by Gasteiger charge is 2.30. The van der Waals surface area contributed by atoms with Crippen molar-refractivity contribution >= 4 is 34.1 Å². The van der Waals surface area contributed by atoms with Gasteiger partial charge in [-0.3, -0.25) is 4.79 Å². The van der Waals surface area contributed by atoms with Gasteiger partial charge < -0.3 is 5.32 Å². The molecule has 24 heavy (non-hydrogen) atoms. The molecule has 2 rings (SSSR count). The number of thioether (sulfide) groups is 1. The fourth-order valence-electron chi connectivity index (χ4n) is 1.59. The van der Waals surface area contributed by atoms with Crippen molar-refractivity contribution in [2.24, 2.45) is 5.41 Å². The maximum absolute atomic E-state index is 12.7. The fraction of sp³-hybridized carbons (Fsp3) is 0.400. The number of anilines is 1. The minimum absolute atomic E-state index is 0.173. The molecule has 9 heteroatoms. The van der Waals surface area contributed by atoms with Crippen molar-refractivity contribution < 1.29 is 18.0 Å². The van der Waals surface area contributed by atoms with Crippen molar-refractivity contribution in [3.05, 3.63) is 35.4 Å². The molecule has 1 N–H and O–H groups in total. The molecular formula is C15H16F3N3OS2. The molecule has 0 radical (unpaired) electrons. The fourth-order valence-corrected chi connectivity index (χ4v) is 3.28. The lowest BCUT2D eigenvalue weighted by molar-refractivity contribution is -0.137. The van der Waals surface area contributed by atoms with E-state index in [0.717, 1.165) is 12.1 Å². The normalized spacial score (nSPS) is 12.2. The lowest BCUT2D eigenvalue weighted by Gasteiger charge is -2.15. The largest absolute Gasteiger partial charge is 0.416 e. The van der Waals surface area contributed by atoms with Gasteiger partial charge in [-0.15, -0.1) is 10.2 Å². The van der Waals surface area contributed by atoms with Crippen LogP contribution in [0.5, 0.6) is 0 Å². The van der Waals surface area contributed by atoms with Crippen molar-refractivity contribution in [2.45, 2.75) is 37.0 Å². The van der Waals surface area contributed by atoms with Crippen molar-refractivity contribution in [3.8, 4) is 0 Å². The summed E-state index contributed by atoms with van der Waals surface area (Å²) in [6, 6.07) is 5.18. The Morgan fingerprint density at radius 2 is 1.96 bits per heavy atom. The molecule has 0 aliphatic heterocycles. The molecule has 0 atom stereocenters. The number of amides is 1. The first-order chi connectivity index (χ1) is 11.1. The van der Waals surface area contributed by atoms with Gasteiger partial charge in [0.2, 0.25) is 11.0 Å². The van der Waals surface area contributed by atoms with E-state index in [-0.39, 0.29) is 5.91 Å². The molecule has 1 heterocycles. The maximum atomic E-state index is 12.7. The van der Waals surface area contributed by atoms with E-state index in [1.165, 1.54) is 29.2 Å². The summed E-state index contributed by atoms with van der Waals surface area (Å²) in [4.78, 5) is 11.9. The maximum Gasteiger partial charge on any atom is 0.416 e. The number of alkyl halides is 3. The van der Waals surface area contributed by atoms with Gasteiger partial charge in [0.25, 0.3) is 0 Å². The highest BCUT2D eigenvalue weighted by molar-refractivity contribution is 8.00. The Morgan fingerprint density at radius 1 is 1.25 bits per heavy atom. The summed E-state index contributed by atoms with van der Waals surface area (Å²) in [7, 11) is 0. The number of halogens is 3. The quantitative estimate of drug-likeness (QED) is 0.614. The molecule has 1 amide bonds. The van der Waals surface area contributed by atoms with Gasteiger partial charge in [-0.1, -0.05) is 62.1 Å². The Hall–Kier alpha value is -1.61. The zero-order valence-corrected chi connectivity index (χ0v) is 14.9. The summed E-state index contributed by atoms with van der Waals surface area (Å²) < 4.78 is 38.6. The summed E-state index contributed by atoms with van der Waals surface area (Å²) in [5.41, 5.74) is -0.668. The highest BCUT2D eigenvalue weighted by atomic mass is 32.2. The Kier molecular flexibility index (Phi) is 5.54. The van der Waals surface area contributed by atoms with Crippen LogP contribution in [-0.2, 0) is 16.7 Å². The zero-order chi connectivity index (χ0) is 18.0. The minimum atomic E-state index is -4.35. The average molecular weight is 375 g/mol. The summed E-state index contributed by atoms with van der Waals surface area (Å²) >= 11 is 2.47. The molecule has 0 unspecified atom stereocenters. The van der Waals surface area contributed by atoms with Crippen LogP contribution in [0.15, 0.2) is 28.6 Å². The Balaban J connectivity index is 1.98. The van der Waals surface area contributed by atoms with Crippen molar-refractivity contribution in [2.75, 3.05) is 5.32 Å². The second kappa shape index (κ2) is 7.10. The monoisotopic (exact) mass is 375 g/mol. The molecule has 130 valence electrons. The van der Waals surface area contributed by atoms with Crippen LogP contribution in [-0.4, -0.2) is 16.1 Å². The number of rotatable bonds is 4. The number of aromatic nitrogens is 2. The molecule has 0 spiro atoms. The smallest absolute Gasteiger partial charge is 0.300 e. The Morgan fingerprint density at radius 3 is 2.58 bits per heavy atom. The minimum Gasteiger partial charge on any atom is -0.300 e. The number of hydrogen-bond donors (Lipinski definition) is 1. The standard InChI is InChI=1S/C15H16F3N3OS2/c1-14(2,3)11(22)19-12-20-21-13(24-12)23-8-9-5-4-6-10(7-9)15(16,17)18/h4-7H,8H2,1-3H3,(H,19,20,22). The third-order valence-corrected chi connectivity index (χ3v) is 4.97. The predicted octanol–water partition coefficient (Wildman–Crippen LogP) is 4.83. The van der Waals surface area contributed by atoms with E-state index in [9.17, 15) is 18.0 Å². The summed E-state index contributed by atoms with van der Waals surface area (Å²) in [6.45, 7) is 5.35. The zero-order valence-electron chi connectivity index (χ0n) is 13.3. The van der Waals surface area contributed by atoms with Crippen LogP contribution in [0.4, 0.5) is 18.3 Å². The van der Waals surface area contributed by atoms with E-state index in [4.69, 9.17) is 0 Å². The molecule has 2 aromatic rings. The topological polar surface area (TPSA) is 54.9 Å². The molecule has 0 fully saturated rings. The second-order valence-corrected chi connectivity index (χ2v) is 8.26. The van der Waals surface area contributed by atoms with Crippen LogP contribution in [0.1, 0.15) is 31.9 Å². The van der Waals surface area contributed by atoms with Crippen LogP contribution < -0.4 is 5.32 Å². The van der Waals surface area contributed by atoms with E-state index in [1.54, 1.807) is 26.8 Å². The van der Waals surface area contributed by atoms with Gasteiger partial charge in [-0.25, -0.2) is 0 Å². The van der Waals surface area contributed by atoms with Gasteiger partial charge in [0.1, 0.15) is 0 Å². The lowest BCUT2D eigenvalue weighted by atomic mass is 9.96. The number of nitrogens with zero attached hydrogens (tertiary/aromatic N) is 2. The Bertz CT molecular complexity index is 723. The molecule has 1 aromatic heterocycles. The molecule has 4 nitrogen and oxygen atoms in total. The van der Waals surface area contributed by atoms with Gasteiger partial charge in [-0.05, 0) is 11.6 Å². The highest BCUT2D eigenvalue weighted by Crippen LogP contribution is 2.32. The number of carbonyl (C=O) groups excluding carboxylic acids is 1. The Labute approximate surface area is 145 Å². The third kappa shape index (κ3) is 5.20. The number of benzene rings is 1. The molecule has 1 aromatic carbocycles. The average Bonchev–Trinajstić information content (AvgIpc) is 2.91. The van der Waals surface area contributed by atoms with E-state index in [0.29, 0.717) is 20.8 Å². The predicted molar refractivity (Wildman–Crippen MR) is 89.0 cm³/mol. The SMILES string of the molecule is CC(C)(C)C(=O)Nc1nnc(SCc2cccc(C(F)(F)F)c2)s1. The van der Waals surface area contributed by atoms with Crippen LogP contribution in [0.3, 0.4) is 0 Å². The first kappa shape index (κ1) is 18.7. The molecule has 0 bridgehead atoms. The van der Waals surface area contributed by atoms with Crippen LogP contribution >= 0.6 is 23.1 Å². The summed E-state index contributed by atoms with van der Waals surface area (Å²) in [5.74, 6) is 0.166. The van der Waals surface area contributed by atoms with Gasteiger partial charge in [0.15, 0.2) is 4.34 Å². The van der Waals surface area contributed by atoms with Crippen LogP contribution in [0, 0.1) is 5.41 Å².